The maximum absolute atomic E-state index is 12.5. The molecule has 1 unspecified atom stereocenters. The fourth-order valence-electron chi connectivity index (χ4n) is 4.25. The zero-order chi connectivity index (χ0) is 24.8. The molecular weight excluding hydrogens is 425 g/mol. The van der Waals surface area contributed by atoms with Gasteiger partial charge in [-0.15, -0.1) is 0 Å². The number of hydrogen-bond acceptors (Lipinski definition) is 2. The van der Waals surface area contributed by atoms with Crippen LogP contribution in [0.25, 0.3) is 0 Å². The van der Waals surface area contributed by atoms with Crippen LogP contribution in [0.15, 0.2) is 41.0 Å². The number of phenols is 1. The molecule has 0 radical (unpaired) electrons. The van der Waals surface area contributed by atoms with Gasteiger partial charge in [0.15, 0.2) is 0 Å². The maximum Gasteiger partial charge on any atom is 0.412 e. The van der Waals surface area contributed by atoms with Crippen LogP contribution in [0.4, 0.5) is 13.2 Å². The SMILES string of the molecule is C/C(=C/CC/C(C)=C/CC/C(C)=C/CCC1(C)CCc2c(C)c(O)cc(C)c2O1)C(F)(F)F. The van der Waals surface area contributed by atoms with Crippen LogP contribution in [0.1, 0.15) is 89.3 Å². The molecule has 0 amide bonds. The Kier molecular flexibility index (Phi) is 9.28. The van der Waals surface area contributed by atoms with E-state index in [0.717, 1.165) is 73.5 Å². The Morgan fingerprint density at radius 1 is 1.03 bits per heavy atom. The summed E-state index contributed by atoms with van der Waals surface area (Å²) in [5.41, 5.74) is 4.76. The highest BCUT2D eigenvalue weighted by Gasteiger charge is 2.33. The van der Waals surface area contributed by atoms with Crippen molar-refractivity contribution in [2.45, 2.75) is 105 Å². The summed E-state index contributed by atoms with van der Waals surface area (Å²) in [5.74, 6) is 1.27. The van der Waals surface area contributed by atoms with Gasteiger partial charge in [-0.05, 0) is 110 Å². The Labute approximate surface area is 197 Å². The maximum atomic E-state index is 12.5. The lowest BCUT2D eigenvalue weighted by molar-refractivity contribution is -0.0915. The molecule has 1 atom stereocenters. The van der Waals surface area contributed by atoms with Crippen LogP contribution >= 0.6 is 0 Å². The summed E-state index contributed by atoms with van der Waals surface area (Å²) in [6, 6.07) is 1.78. The van der Waals surface area contributed by atoms with Gasteiger partial charge in [0.05, 0.1) is 0 Å². The molecular formula is C28H39F3O2. The molecule has 1 aromatic carbocycles. The van der Waals surface area contributed by atoms with Crippen LogP contribution in [0, 0.1) is 13.8 Å². The van der Waals surface area contributed by atoms with Crippen molar-refractivity contribution in [2.24, 2.45) is 0 Å². The van der Waals surface area contributed by atoms with Gasteiger partial charge < -0.3 is 9.84 Å². The van der Waals surface area contributed by atoms with Crippen LogP contribution in [0.5, 0.6) is 11.5 Å². The van der Waals surface area contributed by atoms with Crippen molar-refractivity contribution < 1.29 is 23.0 Å². The van der Waals surface area contributed by atoms with E-state index >= 15 is 0 Å². The van der Waals surface area contributed by atoms with E-state index in [4.69, 9.17) is 4.74 Å². The lowest BCUT2D eigenvalue weighted by Crippen LogP contribution is -2.36. The lowest BCUT2D eigenvalue weighted by Gasteiger charge is -2.37. The van der Waals surface area contributed by atoms with Gasteiger partial charge in [-0.25, -0.2) is 0 Å². The highest BCUT2D eigenvalue weighted by atomic mass is 19.4. The normalized spacial score (nSPS) is 20.0. The summed E-state index contributed by atoms with van der Waals surface area (Å²) in [6.45, 7) is 11.3. The molecule has 1 aliphatic heterocycles. The minimum Gasteiger partial charge on any atom is -0.508 e. The van der Waals surface area contributed by atoms with Crippen molar-refractivity contribution in [3.63, 3.8) is 0 Å². The first-order chi connectivity index (χ1) is 15.3. The quantitative estimate of drug-likeness (QED) is 0.370. The Morgan fingerprint density at radius 3 is 2.21 bits per heavy atom. The smallest absolute Gasteiger partial charge is 0.412 e. The van der Waals surface area contributed by atoms with Crippen molar-refractivity contribution >= 4 is 0 Å². The van der Waals surface area contributed by atoms with Gasteiger partial charge in [0.25, 0.3) is 0 Å². The van der Waals surface area contributed by atoms with E-state index in [2.05, 4.69) is 26.0 Å². The molecule has 0 saturated carbocycles. The number of ether oxygens (including phenoxy) is 1. The molecule has 1 heterocycles. The van der Waals surface area contributed by atoms with Crippen LogP contribution in [0.2, 0.25) is 0 Å². The lowest BCUT2D eigenvalue weighted by atomic mass is 9.86. The number of benzene rings is 1. The number of hydrogen-bond donors (Lipinski definition) is 1. The summed E-state index contributed by atoms with van der Waals surface area (Å²) in [4.78, 5) is 0. The summed E-state index contributed by atoms with van der Waals surface area (Å²) < 4.78 is 44.0. The molecule has 5 heteroatoms. The fraction of sp³-hybridized carbons (Fsp3) is 0.571. The molecule has 1 aromatic rings. The first-order valence-electron chi connectivity index (χ1n) is 11.9. The number of fused-ring (bicyclic) bond motifs is 1. The van der Waals surface area contributed by atoms with Gasteiger partial charge >= 0.3 is 6.18 Å². The molecule has 2 nitrogen and oxygen atoms in total. The second kappa shape index (κ2) is 11.3. The van der Waals surface area contributed by atoms with Crippen molar-refractivity contribution in [1.82, 2.24) is 0 Å². The second-order valence-electron chi connectivity index (χ2n) is 9.80. The van der Waals surface area contributed by atoms with Crippen molar-refractivity contribution in [2.75, 3.05) is 0 Å². The summed E-state index contributed by atoms with van der Waals surface area (Å²) >= 11 is 0. The third-order valence-electron chi connectivity index (χ3n) is 6.71. The Bertz CT molecular complexity index is 922. The number of halogens is 3. The molecule has 2 rings (SSSR count). The predicted octanol–water partition coefficient (Wildman–Crippen LogP) is 8.83. The largest absolute Gasteiger partial charge is 0.508 e. The third-order valence-corrected chi connectivity index (χ3v) is 6.71. The molecule has 184 valence electrons. The van der Waals surface area contributed by atoms with Crippen LogP contribution in [-0.4, -0.2) is 16.9 Å². The van der Waals surface area contributed by atoms with Gasteiger partial charge in [-0.2, -0.15) is 13.2 Å². The van der Waals surface area contributed by atoms with E-state index in [-0.39, 0.29) is 5.60 Å². The van der Waals surface area contributed by atoms with E-state index in [1.807, 2.05) is 20.8 Å². The summed E-state index contributed by atoms with van der Waals surface area (Å²) in [7, 11) is 0. The molecule has 0 bridgehead atoms. The molecule has 1 N–H and O–H groups in total. The average molecular weight is 465 g/mol. The zero-order valence-corrected chi connectivity index (χ0v) is 21.0. The molecule has 33 heavy (non-hydrogen) atoms. The molecule has 1 aliphatic rings. The number of alkyl halides is 3. The minimum absolute atomic E-state index is 0.212. The van der Waals surface area contributed by atoms with Crippen molar-refractivity contribution in [3.05, 3.63) is 57.7 Å². The second-order valence-corrected chi connectivity index (χ2v) is 9.80. The number of phenolic OH excluding ortho intramolecular Hbond substituents is 1. The summed E-state index contributed by atoms with van der Waals surface area (Å²) in [5, 5.41) is 10.1. The van der Waals surface area contributed by atoms with Gasteiger partial charge in [0, 0.05) is 11.1 Å². The molecule has 0 spiro atoms. The van der Waals surface area contributed by atoms with E-state index < -0.39 is 11.7 Å². The van der Waals surface area contributed by atoms with E-state index in [1.165, 1.54) is 11.6 Å². The van der Waals surface area contributed by atoms with Crippen LogP contribution in [0.3, 0.4) is 0 Å². The van der Waals surface area contributed by atoms with Gasteiger partial charge in [-0.1, -0.05) is 29.4 Å². The van der Waals surface area contributed by atoms with Gasteiger partial charge in [-0.3, -0.25) is 0 Å². The van der Waals surface area contributed by atoms with Crippen LogP contribution < -0.4 is 4.74 Å². The van der Waals surface area contributed by atoms with Crippen LogP contribution in [-0.2, 0) is 6.42 Å². The first-order valence-corrected chi connectivity index (χ1v) is 11.9. The van der Waals surface area contributed by atoms with Gasteiger partial charge in [0.2, 0.25) is 0 Å². The summed E-state index contributed by atoms with van der Waals surface area (Å²) in [6.07, 6.45) is 8.12. The van der Waals surface area contributed by atoms with Crippen molar-refractivity contribution in [3.8, 4) is 11.5 Å². The monoisotopic (exact) mass is 464 g/mol. The standard InChI is InChI=1S/C28H39F3O2/c1-19(12-8-14-22(4)28(29,30)31)10-7-11-20(2)13-9-16-27(6)17-15-24-23(5)25(32)18-21(3)26(24)33-27/h10,13-14,18,32H,7-9,11-12,15-17H2,1-6H3/b19-10+,20-13+,22-14-. The Balaban J connectivity index is 1.80. The van der Waals surface area contributed by atoms with E-state index in [9.17, 15) is 18.3 Å². The number of aromatic hydroxyl groups is 1. The third kappa shape index (κ3) is 7.97. The molecule has 0 aliphatic carbocycles. The average Bonchev–Trinajstić information content (AvgIpc) is 2.71. The van der Waals surface area contributed by atoms with Gasteiger partial charge in [0.1, 0.15) is 17.1 Å². The first kappa shape index (κ1) is 27.1. The zero-order valence-electron chi connectivity index (χ0n) is 21.0. The Hall–Kier alpha value is -2.17. The highest BCUT2D eigenvalue weighted by molar-refractivity contribution is 5.53. The van der Waals surface area contributed by atoms with E-state index in [0.29, 0.717) is 18.6 Å². The Morgan fingerprint density at radius 2 is 1.61 bits per heavy atom. The van der Waals surface area contributed by atoms with E-state index in [1.54, 1.807) is 6.07 Å². The number of allylic oxidation sites excluding steroid dienone is 6. The highest BCUT2D eigenvalue weighted by Crippen LogP contribution is 2.42. The number of rotatable bonds is 9. The molecule has 0 saturated heterocycles. The molecule has 0 fully saturated rings. The van der Waals surface area contributed by atoms with Crippen molar-refractivity contribution in [1.29, 1.82) is 0 Å². The molecule has 0 aromatic heterocycles. The number of aryl methyl sites for hydroxylation is 1. The minimum atomic E-state index is -4.22. The topological polar surface area (TPSA) is 29.5 Å². The predicted molar refractivity (Wildman–Crippen MR) is 130 cm³/mol. The fourth-order valence-corrected chi connectivity index (χ4v) is 4.25.